The Morgan fingerprint density at radius 1 is 1.16 bits per heavy atom. The molecule has 1 aromatic carbocycles. The molecule has 0 fully saturated rings. The maximum Gasteiger partial charge on any atom is 0.254 e. The van der Waals surface area contributed by atoms with Crippen molar-refractivity contribution in [3.63, 3.8) is 0 Å². The molecule has 3 rings (SSSR count). The number of hydrogen-bond acceptors (Lipinski definition) is 4. The third-order valence-electron chi connectivity index (χ3n) is 4.05. The molecule has 0 aliphatic rings. The topological polar surface area (TPSA) is 71.1 Å². The predicted octanol–water partition coefficient (Wildman–Crippen LogP) is 2.93. The number of nitrogens with one attached hydrogen (secondary N) is 1. The van der Waals surface area contributed by atoms with Gasteiger partial charge in [-0.3, -0.25) is 9.78 Å². The summed E-state index contributed by atoms with van der Waals surface area (Å²) in [5.74, 6) is 0.554. The van der Waals surface area contributed by atoms with Gasteiger partial charge in [-0.05, 0) is 18.2 Å². The first-order valence-electron chi connectivity index (χ1n) is 7.98. The second-order valence-electron chi connectivity index (χ2n) is 5.63. The van der Waals surface area contributed by atoms with Gasteiger partial charge in [0.25, 0.3) is 5.91 Å². The molecule has 0 bridgehead atoms. The molecule has 1 atom stereocenters. The van der Waals surface area contributed by atoms with Gasteiger partial charge in [0.05, 0.1) is 23.9 Å². The van der Waals surface area contributed by atoms with E-state index in [1.807, 2.05) is 36.4 Å². The number of rotatable bonds is 6. The summed E-state index contributed by atoms with van der Waals surface area (Å²) < 4.78 is 5.32. The average Bonchev–Trinajstić information content (AvgIpc) is 3.20. The molecule has 1 N–H and O–H groups in total. The summed E-state index contributed by atoms with van der Waals surface area (Å²) in [5.41, 5.74) is 2.13. The summed E-state index contributed by atoms with van der Waals surface area (Å²) in [6.07, 6.45) is 5.12. The molecule has 2 aromatic heterocycles. The highest BCUT2D eigenvalue weighted by Gasteiger charge is 2.25. The fraction of sp³-hybridized carbons (Fsp3) is 0.211. The molecule has 0 saturated heterocycles. The van der Waals surface area contributed by atoms with Crippen molar-refractivity contribution in [3.05, 3.63) is 72.3 Å². The number of nitrogens with zero attached hydrogens (tertiary/aromatic N) is 3. The van der Waals surface area contributed by atoms with Crippen molar-refractivity contribution in [1.82, 2.24) is 19.9 Å². The first-order valence-corrected chi connectivity index (χ1v) is 7.98. The highest BCUT2D eigenvalue weighted by Crippen LogP contribution is 2.25. The minimum absolute atomic E-state index is 0.111. The monoisotopic (exact) mass is 336 g/mol. The molecule has 0 aliphatic heterocycles. The number of likely N-dealkylation sites (N-methyl/N-ethyl adjacent to an activating group) is 1. The number of imidazole rings is 1. The fourth-order valence-electron chi connectivity index (χ4n) is 2.75. The Morgan fingerprint density at radius 2 is 1.96 bits per heavy atom. The summed E-state index contributed by atoms with van der Waals surface area (Å²) in [5, 5.41) is 0. The van der Waals surface area contributed by atoms with E-state index >= 15 is 0 Å². The number of aromatic nitrogens is 3. The quantitative estimate of drug-likeness (QED) is 0.751. The van der Waals surface area contributed by atoms with Gasteiger partial charge in [0, 0.05) is 38.3 Å². The smallest absolute Gasteiger partial charge is 0.254 e. The molecule has 0 saturated carbocycles. The molecule has 6 nitrogen and oxygen atoms in total. The van der Waals surface area contributed by atoms with E-state index in [0.717, 1.165) is 11.3 Å². The molecule has 128 valence electrons. The van der Waals surface area contributed by atoms with E-state index in [0.29, 0.717) is 18.0 Å². The summed E-state index contributed by atoms with van der Waals surface area (Å²) in [7, 11) is 3.38. The number of aromatic amines is 1. The van der Waals surface area contributed by atoms with E-state index in [2.05, 4.69) is 15.0 Å². The van der Waals surface area contributed by atoms with Gasteiger partial charge < -0.3 is 14.6 Å². The van der Waals surface area contributed by atoms with Gasteiger partial charge in [-0.25, -0.2) is 4.98 Å². The Labute approximate surface area is 146 Å². The van der Waals surface area contributed by atoms with Crippen LogP contribution in [0.3, 0.4) is 0 Å². The van der Waals surface area contributed by atoms with Crippen molar-refractivity contribution in [3.8, 4) is 11.4 Å². The van der Waals surface area contributed by atoms with Crippen molar-refractivity contribution in [2.75, 3.05) is 20.8 Å². The van der Waals surface area contributed by atoms with Crippen LogP contribution in [0.2, 0.25) is 0 Å². The number of pyridine rings is 1. The Hall–Kier alpha value is -2.99. The highest BCUT2D eigenvalue weighted by molar-refractivity contribution is 6.00. The van der Waals surface area contributed by atoms with Crippen LogP contribution >= 0.6 is 0 Å². The van der Waals surface area contributed by atoms with Gasteiger partial charge in [0.15, 0.2) is 0 Å². The average molecular weight is 336 g/mol. The molecule has 25 heavy (non-hydrogen) atoms. The van der Waals surface area contributed by atoms with Crippen molar-refractivity contribution in [2.45, 2.75) is 6.04 Å². The Bertz CT molecular complexity index is 818. The third kappa shape index (κ3) is 3.59. The SMILES string of the molecule is COC[C@@H](c1ccccn1)N(C)C(=O)c1ccccc1-c1ncc[nH]1. The first kappa shape index (κ1) is 16.9. The van der Waals surface area contributed by atoms with Crippen LogP contribution in [0.25, 0.3) is 11.4 Å². The lowest BCUT2D eigenvalue weighted by molar-refractivity contribution is 0.0595. The zero-order valence-electron chi connectivity index (χ0n) is 14.2. The summed E-state index contributed by atoms with van der Waals surface area (Å²) >= 11 is 0. The number of ether oxygens (including phenoxy) is 1. The van der Waals surface area contributed by atoms with Crippen LogP contribution in [0.4, 0.5) is 0 Å². The largest absolute Gasteiger partial charge is 0.382 e. The van der Waals surface area contributed by atoms with E-state index < -0.39 is 0 Å². The Morgan fingerprint density at radius 3 is 2.64 bits per heavy atom. The van der Waals surface area contributed by atoms with Gasteiger partial charge in [0.1, 0.15) is 5.82 Å². The Balaban J connectivity index is 1.94. The molecular weight excluding hydrogens is 316 g/mol. The molecule has 0 aliphatic carbocycles. The molecular formula is C19H20N4O2. The molecule has 1 amide bonds. The molecule has 0 spiro atoms. The van der Waals surface area contributed by atoms with E-state index in [-0.39, 0.29) is 11.9 Å². The lowest BCUT2D eigenvalue weighted by Crippen LogP contribution is -2.34. The van der Waals surface area contributed by atoms with Crippen molar-refractivity contribution < 1.29 is 9.53 Å². The van der Waals surface area contributed by atoms with Gasteiger partial charge >= 0.3 is 0 Å². The minimum atomic E-state index is -0.275. The fourth-order valence-corrected chi connectivity index (χ4v) is 2.75. The van der Waals surface area contributed by atoms with Crippen LogP contribution < -0.4 is 0 Å². The molecule has 3 aromatic rings. The molecule has 0 unspecified atom stereocenters. The summed E-state index contributed by atoms with van der Waals surface area (Å²) in [6.45, 7) is 0.363. The zero-order chi connectivity index (χ0) is 17.6. The number of hydrogen-bond donors (Lipinski definition) is 1. The maximum absolute atomic E-state index is 13.2. The normalized spacial score (nSPS) is 11.9. The summed E-state index contributed by atoms with van der Waals surface area (Å²) in [6, 6.07) is 12.8. The van der Waals surface area contributed by atoms with Crippen LogP contribution in [0.5, 0.6) is 0 Å². The van der Waals surface area contributed by atoms with Crippen LogP contribution in [0, 0.1) is 0 Å². The Kier molecular flexibility index (Phi) is 5.20. The van der Waals surface area contributed by atoms with Crippen LogP contribution in [0.1, 0.15) is 22.1 Å². The molecule has 6 heteroatoms. The van der Waals surface area contributed by atoms with E-state index in [9.17, 15) is 4.79 Å². The summed E-state index contributed by atoms with van der Waals surface area (Å²) in [4.78, 5) is 26.5. The first-order chi connectivity index (χ1) is 12.2. The number of amides is 1. The van der Waals surface area contributed by atoms with Crippen LogP contribution in [0.15, 0.2) is 61.1 Å². The van der Waals surface area contributed by atoms with Crippen LogP contribution in [-0.2, 0) is 4.74 Å². The van der Waals surface area contributed by atoms with E-state index in [4.69, 9.17) is 4.74 Å². The lowest BCUT2D eigenvalue weighted by Gasteiger charge is -2.28. The van der Waals surface area contributed by atoms with Crippen LogP contribution in [-0.4, -0.2) is 46.5 Å². The zero-order valence-corrected chi connectivity index (χ0v) is 14.2. The number of methoxy groups -OCH3 is 1. The van der Waals surface area contributed by atoms with Gasteiger partial charge in [-0.1, -0.05) is 24.3 Å². The lowest BCUT2D eigenvalue weighted by atomic mass is 10.0. The maximum atomic E-state index is 13.2. The minimum Gasteiger partial charge on any atom is -0.382 e. The van der Waals surface area contributed by atoms with Gasteiger partial charge in [-0.2, -0.15) is 0 Å². The van der Waals surface area contributed by atoms with Crippen molar-refractivity contribution in [2.24, 2.45) is 0 Å². The number of H-pyrrole nitrogens is 1. The number of carbonyl (C=O) groups is 1. The van der Waals surface area contributed by atoms with Crippen molar-refractivity contribution >= 4 is 5.91 Å². The van der Waals surface area contributed by atoms with Gasteiger partial charge in [-0.15, -0.1) is 0 Å². The highest BCUT2D eigenvalue weighted by atomic mass is 16.5. The molecule has 0 radical (unpaired) electrons. The standard InChI is InChI=1S/C19H20N4O2/c1-23(17(13-25-2)16-9-5-6-10-20-16)19(24)15-8-4-3-7-14(15)18-21-11-12-22-18/h3-12,17H,13H2,1-2H3,(H,21,22)/t17-/m0/s1. The van der Waals surface area contributed by atoms with E-state index in [1.165, 1.54) is 0 Å². The third-order valence-corrected chi connectivity index (χ3v) is 4.05. The second-order valence-corrected chi connectivity index (χ2v) is 5.63. The number of benzene rings is 1. The van der Waals surface area contributed by atoms with Gasteiger partial charge in [0.2, 0.25) is 0 Å². The predicted molar refractivity (Wildman–Crippen MR) is 95.0 cm³/mol. The van der Waals surface area contributed by atoms with E-state index in [1.54, 1.807) is 43.7 Å². The van der Waals surface area contributed by atoms with Crippen molar-refractivity contribution in [1.29, 1.82) is 0 Å². The second kappa shape index (κ2) is 7.72. The number of carbonyl (C=O) groups excluding carboxylic acids is 1. The molecule has 2 heterocycles.